The standard InChI is InChI=1S/C14H25N3O2S/c1-4-7-15-11-9-20-8-10(11)14-16-13(17-19-14)12(5-2)18-6-3/h10-12,15H,4-9H2,1-3H3. The molecule has 2 heterocycles. The van der Waals surface area contributed by atoms with Gasteiger partial charge < -0.3 is 14.6 Å². The maximum absolute atomic E-state index is 5.64. The Balaban J connectivity index is 2.03. The number of thioether (sulfide) groups is 1. The van der Waals surface area contributed by atoms with Gasteiger partial charge in [-0.15, -0.1) is 0 Å². The molecule has 20 heavy (non-hydrogen) atoms. The minimum atomic E-state index is -0.0476. The van der Waals surface area contributed by atoms with Gasteiger partial charge in [-0.05, 0) is 26.3 Å². The maximum atomic E-state index is 5.64. The molecule has 1 aromatic heterocycles. The summed E-state index contributed by atoms with van der Waals surface area (Å²) >= 11 is 1.95. The fourth-order valence-corrected chi connectivity index (χ4v) is 3.80. The Kier molecular flexibility index (Phi) is 6.32. The summed E-state index contributed by atoms with van der Waals surface area (Å²) in [7, 11) is 0. The number of aromatic nitrogens is 2. The molecule has 0 spiro atoms. The van der Waals surface area contributed by atoms with Crippen LogP contribution in [0.1, 0.15) is 57.3 Å². The van der Waals surface area contributed by atoms with Crippen molar-refractivity contribution in [1.82, 2.24) is 15.5 Å². The second kappa shape index (κ2) is 8.00. The highest BCUT2D eigenvalue weighted by Crippen LogP contribution is 2.32. The molecular weight excluding hydrogens is 274 g/mol. The monoisotopic (exact) mass is 299 g/mol. The van der Waals surface area contributed by atoms with Crippen LogP contribution >= 0.6 is 11.8 Å². The fraction of sp³-hybridized carbons (Fsp3) is 0.857. The Morgan fingerprint density at radius 3 is 2.95 bits per heavy atom. The Bertz CT molecular complexity index is 400. The maximum Gasteiger partial charge on any atom is 0.232 e. The van der Waals surface area contributed by atoms with Gasteiger partial charge in [-0.2, -0.15) is 16.7 Å². The molecule has 2 rings (SSSR count). The van der Waals surface area contributed by atoms with Gasteiger partial charge >= 0.3 is 0 Å². The molecule has 1 aromatic rings. The first-order chi connectivity index (χ1) is 9.80. The molecule has 0 saturated carbocycles. The molecule has 6 heteroatoms. The van der Waals surface area contributed by atoms with Crippen LogP contribution in [-0.2, 0) is 4.74 Å². The van der Waals surface area contributed by atoms with E-state index in [0.717, 1.165) is 36.8 Å². The quantitative estimate of drug-likeness (QED) is 0.796. The fourth-order valence-electron chi connectivity index (χ4n) is 2.43. The normalized spacial score (nSPS) is 24.1. The zero-order chi connectivity index (χ0) is 14.4. The lowest BCUT2D eigenvalue weighted by atomic mass is 10.0. The summed E-state index contributed by atoms with van der Waals surface area (Å²) in [5, 5.41) is 7.69. The van der Waals surface area contributed by atoms with Gasteiger partial charge in [0, 0.05) is 24.2 Å². The van der Waals surface area contributed by atoms with Crippen molar-refractivity contribution in [3.05, 3.63) is 11.7 Å². The number of hydrogen-bond donors (Lipinski definition) is 1. The molecule has 0 aromatic carbocycles. The lowest BCUT2D eigenvalue weighted by Crippen LogP contribution is -2.34. The van der Waals surface area contributed by atoms with Crippen LogP contribution < -0.4 is 5.32 Å². The van der Waals surface area contributed by atoms with Gasteiger partial charge in [-0.3, -0.25) is 0 Å². The Labute approximate surface area is 125 Å². The van der Waals surface area contributed by atoms with Crippen LogP contribution in [0.4, 0.5) is 0 Å². The number of hydrogen-bond acceptors (Lipinski definition) is 6. The average molecular weight is 299 g/mol. The molecule has 5 nitrogen and oxygen atoms in total. The van der Waals surface area contributed by atoms with Crippen molar-refractivity contribution in [2.45, 2.75) is 51.7 Å². The van der Waals surface area contributed by atoms with E-state index in [1.165, 1.54) is 0 Å². The zero-order valence-electron chi connectivity index (χ0n) is 12.6. The average Bonchev–Trinajstić information content (AvgIpc) is 3.10. The van der Waals surface area contributed by atoms with Gasteiger partial charge in [0.05, 0.1) is 5.92 Å². The van der Waals surface area contributed by atoms with E-state index in [0.29, 0.717) is 24.4 Å². The van der Waals surface area contributed by atoms with Crippen LogP contribution in [0.2, 0.25) is 0 Å². The third-order valence-electron chi connectivity index (χ3n) is 3.54. The van der Waals surface area contributed by atoms with E-state index in [9.17, 15) is 0 Å². The Hall–Kier alpha value is -0.590. The first-order valence-corrected chi connectivity index (χ1v) is 8.71. The van der Waals surface area contributed by atoms with Crippen molar-refractivity contribution in [3.8, 4) is 0 Å². The molecule has 1 aliphatic rings. The van der Waals surface area contributed by atoms with Gasteiger partial charge in [0.1, 0.15) is 6.10 Å². The molecule has 3 atom stereocenters. The van der Waals surface area contributed by atoms with E-state index in [1.54, 1.807) is 0 Å². The van der Waals surface area contributed by atoms with Gasteiger partial charge in [-0.25, -0.2) is 0 Å². The summed E-state index contributed by atoms with van der Waals surface area (Å²) in [6.07, 6.45) is 1.96. The topological polar surface area (TPSA) is 60.2 Å². The van der Waals surface area contributed by atoms with Crippen LogP contribution in [0.25, 0.3) is 0 Å². The number of nitrogens with zero attached hydrogens (tertiary/aromatic N) is 2. The predicted molar refractivity (Wildman–Crippen MR) is 81.1 cm³/mol. The molecule has 0 bridgehead atoms. The van der Waals surface area contributed by atoms with Crippen LogP contribution in [0.3, 0.4) is 0 Å². The van der Waals surface area contributed by atoms with E-state index in [-0.39, 0.29) is 6.10 Å². The minimum Gasteiger partial charge on any atom is -0.370 e. The number of ether oxygens (including phenoxy) is 1. The summed E-state index contributed by atoms with van der Waals surface area (Å²) < 4.78 is 11.1. The van der Waals surface area contributed by atoms with E-state index in [2.05, 4.69) is 29.3 Å². The van der Waals surface area contributed by atoms with Crippen molar-refractivity contribution in [3.63, 3.8) is 0 Å². The van der Waals surface area contributed by atoms with Gasteiger partial charge in [0.2, 0.25) is 11.7 Å². The zero-order valence-corrected chi connectivity index (χ0v) is 13.4. The van der Waals surface area contributed by atoms with Gasteiger partial charge in [-0.1, -0.05) is 19.0 Å². The molecule has 1 N–H and O–H groups in total. The Morgan fingerprint density at radius 1 is 1.40 bits per heavy atom. The van der Waals surface area contributed by atoms with Crippen molar-refractivity contribution in [2.75, 3.05) is 24.7 Å². The summed E-state index contributed by atoms with van der Waals surface area (Å²) in [4.78, 5) is 4.58. The first kappa shape index (κ1) is 15.8. The molecule has 1 fully saturated rings. The molecular formula is C14H25N3O2S. The third-order valence-corrected chi connectivity index (χ3v) is 4.73. The molecule has 1 aliphatic heterocycles. The second-order valence-corrected chi connectivity index (χ2v) is 6.12. The molecule has 3 unspecified atom stereocenters. The van der Waals surface area contributed by atoms with Crippen molar-refractivity contribution < 1.29 is 9.26 Å². The van der Waals surface area contributed by atoms with E-state index < -0.39 is 0 Å². The van der Waals surface area contributed by atoms with Crippen molar-refractivity contribution in [2.24, 2.45) is 0 Å². The molecule has 114 valence electrons. The van der Waals surface area contributed by atoms with E-state index in [1.807, 2.05) is 18.7 Å². The lowest BCUT2D eigenvalue weighted by Gasteiger charge is -2.16. The summed E-state index contributed by atoms with van der Waals surface area (Å²) in [6, 6.07) is 0.445. The second-order valence-electron chi connectivity index (χ2n) is 5.05. The first-order valence-electron chi connectivity index (χ1n) is 7.56. The molecule has 0 radical (unpaired) electrons. The SMILES string of the molecule is CCCNC1CSCC1c1nc(C(CC)OCC)no1. The van der Waals surface area contributed by atoms with Gasteiger partial charge in [0.15, 0.2) is 0 Å². The highest BCUT2D eigenvalue weighted by molar-refractivity contribution is 7.99. The number of rotatable bonds is 8. The lowest BCUT2D eigenvalue weighted by molar-refractivity contribution is 0.0518. The van der Waals surface area contributed by atoms with Crippen LogP contribution in [0.15, 0.2) is 4.52 Å². The molecule has 0 amide bonds. The summed E-state index contributed by atoms with van der Waals surface area (Å²) in [5.41, 5.74) is 0. The van der Waals surface area contributed by atoms with E-state index in [4.69, 9.17) is 9.26 Å². The van der Waals surface area contributed by atoms with Gasteiger partial charge in [0.25, 0.3) is 0 Å². The van der Waals surface area contributed by atoms with Crippen LogP contribution in [0.5, 0.6) is 0 Å². The largest absolute Gasteiger partial charge is 0.370 e. The smallest absolute Gasteiger partial charge is 0.232 e. The van der Waals surface area contributed by atoms with Crippen LogP contribution in [-0.4, -0.2) is 40.8 Å². The highest BCUT2D eigenvalue weighted by Gasteiger charge is 2.33. The van der Waals surface area contributed by atoms with Crippen LogP contribution in [0, 0.1) is 0 Å². The highest BCUT2D eigenvalue weighted by atomic mass is 32.2. The predicted octanol–water partition coefficient (Wildman–Crippen LogP) is 2.76. The van der Waals surface area contributed by atoms with E-state index >= 15 is 0 Å². The van der Waals surface area contributed by atoms with Crippen molar-refractivity contribution in [1.29, 1.82) is 0 Å². The summed E-state index contributed by atoms with van der Waals surface area (Å²) in [6.45, 7) is 7.96. The minimum absolute atomic E-state index is 0.0476. The number of nitrogens with one attached hydrogen (secondary N) is 1. The third kappa shape index (κ3) is 3.74. The van der Waals surface area contributed by atoms with Crippen molar-refractivity contribution >= 4 is 11.8 Å². The Morgan fingerprint density at radius 2 is 2.25 bits per heavy atom. The molecule has 1 saturated heterocycles. The molecule has 0 aliphatic carbocycles. The summed E-state index contributed by atoms with van der Waals surface area (Å²) in [5.74, 6) is 3.94.